The lowest BCUT2D eigenvalue weighted by atomic mass is 9.84. The summed E-state index contributed by atoms with van der Waals surface area (Å²) in [5.74, 6) is -0.115. The zero-order valence-corrected chi connectivity index (χ0v) is 30.0. The van der Waals surface area contributed by atoms with Gasteiger partial charge in [0.25, 0.3) is 0 Å². The fraction of sp³-hybridized carbons (Fsp3) is 0.605. The molecule has 1 aliphatic rings. The summed E-state index contributed by atoms with van der Waals surface area (Å²) in [6, 6.07) is 0.129. The number of aliphatic hydroxyl groups excluding tert-OH is 1. The first kappa shape index (κ1) is 38.3. The van der Waals surface area contributed by atoms with E-state index in [1.807, 2.05) is 68.4 Å². The molecule has 1 fully saturated rings. The summed E-state index contributed by atoms with van der Waals surface area (Å²) in [6.07, 6.45) is 9.39. The molecule has 0 atom stereocenters. The molecule has 0 radical (unpaired) electrons. The molecule has 7 heteroatoms. The summed E-state index contributed by atoms with van der Waals surface area (Å²) in [5, 5.41) is 29.5. The third-order valence-corrected chi connectivity index (χ3v) is 9.92. The maximum atomic E-state index is 16.4. The van der Waals surface area contributed by atoms with Gasteiger partial charge in [0.1, 0.15) is 5.52 Å². The summed E-state index contributed by atoms with van der Waals surface area (Å²) in [7, 11) is 0. The van der Waals surface area contributed by atoms with Crippen molar-refractivity contribution in [3.8, 4) is 6.01 Å². The number of allylic oxidation sites excluding steroid dienone is 6. The van der Waals surface area contributed by atoms with Crippen molar-refractivity contribution >= 4 is 16.6 Å². The fourth-order valence-electron chi connectivity index (χ4n) is 5.95. The Labute approximate surface area is 271 Å². The molecule has 0 saturated heterocycles. The second kappa shape index (κ2) is 16.1. The van der Waals surface area contributed by atoms with Crippen LogP contribution in [0.5, 0.6) is 6.01 Å². The Balaban J connectivity index is 0.000000681. The first-order valence-electron chi connectivity index (χ1n) is 16.6. The van der Waals surface area contributed by atoms with Crippen LogP contribution in [0.15, 0.2) is 40.1 Å². The van der Waals surface area contributed by atoms with Crippen LogP contribution >= 0.6 is 0 Å². The molecule has 0 amide bonds. The van der Waals surface area contributed by atoms with E-state index in [2.05, 4.69) is 30.7 Å². The van der Waals surface area contributed by atoms with Gasteiger partial charge in [-0.3, -0.25) is 5.41 Å². The van der Waals surface area contributed by atoms with Crippen LogP contribution in [0, 0.1) is 22.6 Å². The van der Waals surface area contributed by atoms with Crippen LogP contribution in [0.4, 0.5) is 4.39 Å². The molecule has 3 rings (SSSR count). The van der Waals surface area contributed by atoms with E-state index in [-0.39, 0.29) is 34.8 Å². The third-order valence-electron chi connectivity index (χ3n) is 9.92. The van der Waals surface area contributed by atoms with E-state index in [1.54, 1.807) is 0 Å². The van der Waals surface area contributed by atoms with Gasteiger partial charge in [-0.25, -0.2) is 9.37 Å². The highest BCUT2D eigenvalue weighted by atomic mass is 19.1. The molecule has 1 heterocycles. The second-order valence-electron chi connectivity index (χ2n) is 13.4. The smallest absolute Gasteiger partial charge is 0.317 e. The fourth-order valence-corrected chi connectivity index (χ4v) is 5.95. The zero-order valence-electron chi connectivity index (χ0n) is 30.0. The minimum absolute atomic E-state index is 0.0805. The molecule has 1 aromatic heterocycles. The van der Waals surface area contributed by atoms with Gasteiger partial charge in [0.05, 0.1) is 24.5 Å². The first-order chi connectivity index (χ1) is 21.1. The van der Waals surface area contributed by atoms with Crippen LogP contribution < -0.4 is 4.74 Å². The maximum Gasteiger partial charge on any atom is 0.317 e. The van der Waals surface area contributed by atoms with Crippen molar-refractivity contribution in [1.29, 1.82) is 5.41 Å². The van der Waals surface area contributed by atoms with Crippen molar-refractivity contribution in [1.82, 2.24) is 9.97 Å². The van der Waals surface area contributed by atoms with Gasteiger partial charge in [-0.2, -0.15) is 4.98 Å². The lowest BCUT2D eigenvalue weighted by molar-refractivity contribution is 0.0136. The van der Waals surface area contributed by atoms with Gasteiger partial charge in [-0.1, -0.05) is 57.8 Å². The zero-order chi connectivity index (χ0) is 34.3. The molecule has 0 bridgehead atoms. The van der Waals surface area contributed by atoms with E-state index < -0.39 is 11.4 Å². The van der Waals surface area contributed by atoms with Gasteiger partial charge >= 0.3 is 6.01 Å². The minimum atomic E-state index is -0.571. The summed E-state index contributed by atoms with van der Waals surface area (Å²) < 4.78 is 22.3. The van der Waals surface area contributed by atoms with Crippen LogP contribution in [-0.4, -0.2) is 38.1 Å². The Morgan fingerprint density at radius 1 is 1.07 bits per heavy atom. The molecule has 2 aromatic rings. The molecule has 0 spiro atoms. The van der Waals surface area contributed by atoms with Gasteiger partial charge < -0.3 is 14.9 Å². The highest BCUT2D eigenvalue weighted by molar-refractivity contribution is 6.16. The number of aliphatic hydroxyl groups is 2. The molecule has 1 aromatic carbocycles. The Morgan fingerprint density at radius 2 is 1.67 bits per heavy atom. The Kier molecular flexibility index (Phi) is 13.7. The van der Waals surface area contributed by atoms with E-state index >= 15 is 4.39 Å². The van der Waals surface area contributed by atoms with E-state index in [0.717, 1.165) is 54.4 Å². The summed E-state index contributed by atoms with van der Waals surface area (Å²) in [6.45, 7) is 24.2. The third kappa shape index (κ3) is 8.88. The van der Waals surface area contributed by atoms with Crippen LogP contribution in [0.2, 0.25) is 0 Å². The van der Waals surface area contributed by atoms with Gasteiger partial charge in [0, 0.05) is 28.1 Å². The number of hydrogen-bond donors (Lipinski definition) is 3. The van der Waals surface area contributed by atoms with Crippen LogP contribution in [0.3, 0.4) is 0 Å². The Bertz CT molecular complexity index is 1450. The number of aromatic nitrogens is 2. The number of nitrogens with one attached hydrogen (secondary N) is 1. The monoisotopic (exact) mass is 623 g/mol. The largest absolute Gasteiger partial charge is 0.463 e. The van der Waals surface area contributed by atoms with Gasteiger partial charge in [0.15, 0.2) is 5.82 Å². The van der Waals surface area contributed by atoms with E-state index in [4.69, 9.17) is 4.74 Å². The lowest BCUT2D eigenvalue weighted by Gasteiger charge is -2.26. The Morgan fingerprint density at radius 3 is 2.07 bits per heavy atom. The summed E-state index contributed by atoms with van der Waals surface area (Å²) >= 11 is 0. The summed E-state index contributed by atoms with van der Waals surface area (Å²) in [5.41, 5.74) is 5.87. The summed E-state index contributed by atoms with van der Waals surface area (Å²) in [4.78, 5) is 8.78. The predicted octanol–water partition coefficient (Wildman–Crippen LogP) is 9.59. The molecule has 0 aliphatic heterocycles. The number of rotatable bonds is 13. The quantitative estimate of drug-likeness (QED) is 0.152. The molecule has 1 saturated carbocycles. The van der Waals surface area contributed by atoms with Crippen molar-refractivity contribution in [2.75, 3.05) is 6.61 Å². The molecule has 6 nitrogen and oxygen atoms in total. The average molecular weight is 624 g/mol. The van der Waals surface area contributed by atoms with E-state index in [1.165, 1.54) is 6.20 Å². The lowest BCUT2D eigenvalue weighted by Crippen LogP contribution is -2.29. The number of benzene rings is 1. The highest BCUT2D eigenvalue weighted by Crippen LogP contribution is 2.48. The second-order valence-corrected chi connectivity index (χ2v) is 13.4. The van der Waals surface area contributed by atoms with E-state index in [0.29, 0.717) is 41.0 Å². The van der Waals surface area contributed by atoms with Crippen molar-refractivity contribution in [3.63, 3.8) is 0 Å². The van der Waals surface area contributed by atoms with Crippen molar-refractivity contribution in [2.45, 2.75) is 134 Å². The van der Waals surface area contributed by atoms with Crippen molar-refractivity contribution in [2.24, 2.45) is 11.3 Å². The number of hydrogen-bond acceptors (Lipinski definition) is 6. The first-order valence-corrected chi connectivity index (χ1v) is 16.6. The van der Waals surface area contributed by atoms with Crippen LogP contribution in [0.25, 0.3) is 10.9 Å². The van der Waals surface area contributed by atoms with E-state index in [9.17, 15) is 15.6 Å². The molecule has 1 aliphatic carbocycles. The molecular weight excluding hydrogens is 565 g/mol. The minimum Gasteiger partial charge on any atom is -0.463 e. The van der Waals surface area contributed by atoms with Crippen molar-refractivity contribution < 1.29 is 19.3 Å². The van der Waals surface area contributed by atoms with Crippen molar-refractivity contribution in [3.05, 3.63) is 62.6 Å². The average Bonchev–Trinajstić information content (AvgIpc) is 3.79. The van der Waals surface area contributed by atoms with Crippen LogP contribution in [0.1, 0.15) is 132 Å². The van der Waals surface area contributed by atoms with Gasteiger partial charge in [-0.05, 0) is 109 Å². The highest BCUT2D eigenvalue weighted by Gasteiger charge is 2.41. The number of fused-ring (bicyclic) bond motifs is 1. The molecular formula is C38H58FN3O3. The van der Waals surface area contributed by atoms with Gasteiger partial charge in [-0.15, -0.1) is 0 Å². The Hall–Kier alpha value is -2.90. The number of ether oxygens (including phenoxy) is 1. The topological polar surface area (TPSA) is 99.3 Å². The maximum absolute atomic E-state index is 16.4. The normalized spacial score (nSPS) is 15.0. The number of halogens is 1. The molecule has 250 valence electrons. The SMILES string of the molecule is C/C=C(C)\C(C)=C(/C(=N)c1c(CC)c(CO)c2cnc(OCC3(CC)CC3)nc2c1F)C(C)=C(C)C.CCC(CC)C(C)(C)O. The molecule has 0 unspecified atom stereocenters. The van der Waals surface area contributed by atoms with Crippen LogP contribution in [-0.2, 0) is 13.0 Å². The number of nitrogens with zero attached hydrogens (tertiary/aromatic N) is 2. The standard InChI is InChI=1S/C30H40FN3O2.C8H18O/c1-9-18(6)20(8)24(19(7)17(4)5)27(32)25-21(10-2)23(15-35)22-14-33-29(34-28(22)26(25)31)36-16-30(11-3)12-13-30;1-5-7(6-2)8(3,4)9/h9,14,32,35H,10-13,15-16H2,1-8H3;7,9H,5-6H2,1-4H3/b18-9-,24-20-,32-27?;. The molecule has 45 heavy (non-hydrogen) atoms. The molecule has 3 N–H and O–H groups in total. The predicted molar refractivity (Wildman–Crippen MR) is 186 cm³/mol. The van der Waals surface area contributed by atoms with Gasteiger partial charge in [0.2, 0.25) is 0 Å².